The van der Waals surface area contributed by atoms with E-state index in [0.29, 0.717) is 18.7 Å². The Morgan fingerprint density at radius 2 is 2.17 bits per heavy atom. The van der Waals surface area contributed by atoms with Crippen molar-refractivity contribution in [2.75, 3.05) is 4.90 Å². The van der Waals surface area contributed by atoms with Gasteiger partial charge < -0.3 is 9.88 Å². The fourth-order valence-corrected chi connectivity index (χ4v) is 3.10. The first-order valence-electron chi connectivity index (χ1n) is 7.42. The molecule has 1 amide bonds. The molecule has 23 heavy (non-hydrogen) atoms. The smallest absolute Gasteiger partial charge is 0.274 e. The number of anilines is 1. The molecule has 0 saturated heterocycles. The van der Waals surface area contributed by atoms with E-state index >= 15 is 0 Å². The van der Waals surface area contributed by atoms with Gasteiger partial charge in [0.1, 0.15) is 0 Å². The zero-order valence-electron chi connectivity index (χ0n) is 12.6. The van der Waals surface area contributed by atoms with Gasteiger partial charge in [-0.05, 0) is 41.8 Å². The second kappa shape index (κ2) is 5.10. The number of aromatic amines is 1. The van der Waals surface area contributed by atoms with Crippen molar-refractivity contribution in [2.24, 2.45) is 0 Å². The van der Waals surface area contributed by atoms with Crippen molar-refractivity contribution in [3.05, 3.63) is 58.7 Å². The van der Waals surface area contributed by atoms with E-state index in [0.717, 1.165) is 28.1 Å². The molecule has 0 fully saturated rings. The Morgan fingerprint density at radius 3 is 3.00 bits per heavy atom. The van der Waals surface area contributed by atoms with Crippen molar-refractivity contribution in [3.8, 4) is 0 Å². The van der Waals surface area contributed by atoms with E-state index in [4.69, 9.17) is 5.21 Å². The van der Waals surface area contributed by atoms with Crippen LogP contribution in [0.4, 0.5) is 5.95 Å². The van der Waals surface area contributed by atoms with E-state index in [1.807, 2.05) is 31.2 Å². The summed E-state index contributed by atoms with van der Waals surface area (Å²) in [6, 6.07) is 11.6. The van der Waals surface area contributed by atoms with Gasteiger partial charge in [0, 0.05) is 18.7 Å². The first-order chi connectivity index (χ1) is 11.2. The molecule has 0 aliphatic carbocycles. The Kier molecular flexibility index (Phi) is 3.06. The summed E-state index contributed by atoms with van der Waals surface area (Å²) in [5.74, 6) is 0.307. The molecule has 0 bridgehead atoms. The monoisotopic (exact) mass is 308 g/mol. The van der Waals surface area contributed by atoms with E-state index in [2.05, 4.69) is 20.9 Å². The van der Waals surface area contributed by atoms with Crippen LogP contribution in [0.2, 0.25) is 0 Å². The fourth-order valence-electron chi connectivity index (χ4n) is 3.10. The van der Waals surface area contributed by atoms with Crippen molar-refractivity contribution >= 4 is 22.9 Å². The van der Waals surface area contributed by atoms with Crippen LogP contribution in [0.25, 0.3) is 11.0 Å². The van der Waals surface area contributed by atoms with E-state index in [9.17, 15) is 4.79 Å². The Morgan fingerprint density at radius 1 is 1.30 bits per heavy atom. The van der Waals surface area contributed by atoms with Gasteiger partial charge in [0.05, 0.1) is 11.0 Å². The lowest BCUT2D eigenvalue weighted by Crippen LogP contribution is -2.21. The predicted octanol–water partition coefficient (Wildman–Crippen LogP) is 2.51. The van der Waals surface area contributed by atoms with Gasteiger partial charge in [0.2, 0.25) is 5.95 Å². The average Bonchev–Trinajstić information content (AvgIpc) is 3.16. The lowest BCUT2D eigenvalue weighted by Gasteiger charge is -2.13. The van der Waals surface area contributed by atoms with Crippen molar-refractivity contribution in [1.82, 2.24) is 15.4 Å². The lowest BCUT2D eigenvalue weighted by atomic mass is 10.0. The number of benzene rings is 2. The topological polar surface area (TPSA) is 81.2 Å². The molecule has 4 rings (SSSR count). The molecule has 116 valence electrons. The SMILES string of the molecule is Cc1ccc2nc(N3Cc4cccc(C(=O)NO)c4C3)[nH]c2c1. The van der Waals surface area contributed by atoms with Gasteiger partial charge in [-0.1, -0.05) is 18.2 Å². The molecule has 3 N–H and O–H groups in total. The van der Waals surface area contributed by atoms with Gasteiger partial charge >= 0.3 is 0 Å². The molecule has 1 aliphatic heterocycles. The number of hydroxylamine groups is 1. The second-order valence-corrected chi connectivity index (χ2v) is 5.82. The largest absolute Gasteiger partial charge is 0.334 e. The van der Waals surface area contributed by atoms with Crippen LogP contribution in [0.15, 0.2) is 36.4 Å². The van der Waals surface area contributed by atoms with Crippen molar-refractivity contribution in [2.45, 2.75) is 20.0 Å². The second-order valence-electron chi connectivity index (χ2n) is 5.82. The Hall–Kier alpha value is -2.86. The van der Waals surface area contributed by atoms with Crippen LogP contribution in [0, 0.1) is 6.92 Å². The van der Waals surface area contributed by atoms with E-state index in [1.54, 1.807) is 11.5 Å². The van der Waals surface area contributed by atoms with Gasteiger partial charge in [-0.15, -0.1) is 0 Å². The molecule has 2 aromatic carbocycles. The quantitative estimate of drug-likeness (QED) is 0.502. The highest BCUT2D eigenvalue weighted by molar-refractivity contribution is 5.95. The third-order valence-electron chi connectivity index (χ3n) is 4.25. The van der Waals surface area contributed by atoms with Gasteiger partial charge in [0.25, 0.3) is 5.91 Å². The molecule has 0 saturated carbocycles. The Labute approximate surface area is 132 Å². The van der Waals surface area contributed by atoms with Crippen molar-refractivity contribution < 1.29 is 10.0 Å². The number of nitrogens with one attached hydrogen (secondary N) is 2. The number of amides is 1. The van der Waals surface area contributed by atoms with E-state index < -0.39 is 5.91 Å². The van der Waals surface area contributed by atoms with Crippen LogP contribution < -0.4 is 10.4 Å². The summed E-state index contributed by atoms with van der Waals surface area (Å²) in [6.07, 6.45) is 0. The number of aromatic nitrogens is 2. The number of aryl methyl sites for hydroxylation is 1. The number of imidazole rings is 1. The number of fused-ring (bicyclic) bond motifs is 2. The number of hydrogen-bond donors (Lipinski definition) is 3. The highest BCUT2D eigenvalue weighted by Crippen LogP contribution is 2.30. The van der Waals surface area contributed by atoms with Crippen LogP contribution in [0.5, 0.6) is 0 Å². The molecule has 0 spiro atoms. The third-order valence-corrected chi connectivity index (χ3v) is 4.25. The molecule has 6 heteroatoms. The van der Waals surface area contributed by atoms with Crippen LogP contribution in [0.1, 0.15) is 27.0 Å². The van der Waals surface area contributed by atoms with Gasteiger partial charge in [-0.2, -0.15) is 0 Å². The molecule has 0 atom stereocenters. The number of carbonyl (C=O) groups is 1. The standard InChI is InChI=1S/C17H16N4O2/c1-10-5-6-14-15(7-10)19-17(18-14)21-8-11-3-2-4-12(13(11)9-21)16(22)20-23/h2-7,23H,8-9H2,1H3,(H,18,19)(H,20,22). The summed E-state index contributed by atoms with van der Waals surface area (Å²) in [6.45, 7) is 3.31. The van der Waals surface area contributed by atoms with E-state index in [-0.39, 0.29) is 0 Å². The highest BCUT2D eigenvalue weighted by Gasteiger charge is 2.25. The molecule has 0 radical (unpaired) electrons. The molecule has 1 aliphatic rings. The maximum absolute atomic E-state index is 11.8. The number of carbonyl (C=O) groups excluding carboxylic acids is 1. The van der Waals surface area contributed by atoms with E-state index in [1.165, 1.54) is 5.56 Å². The van der Waals surface area contributed by atoms with Gasteiger partial charge in [0.15, 0.2) is 0 Å². The van der Waals surface area contributed by atoms with Gasteiger partial charge in [-0.25, -0.2) is 10.5 Å². The molecule has 0 unspecified atom stereocenters. The molecule has 2 heterocycles. The maximum Gasteiger partial charge on any atom is 0.274 e. The number of rotatable bonds is 2. The predicted molar refractivity (Wildman–Crippen MR) is 86.4 cm³/mol. The number of nitrogens with zero attached hydrogens (tertiary/aromatic N) is 2. The van der Waals surface area contributed by atoms with Gasteiger partial charge in [-0.3, -0.25) is 10.0 Å². The minimum atomic E-state index is -0.482. The van der Waals surface area contributed by atoms with Crippen LogP contribution in [-0.2, 0) is 13.1 Å². The summed E-state index contributed by atoms with van der Waals surface area (Å²) < 4.78 is 0. The molecular formula is C17H16N4O2. The summed E-state index contributed by atoms with van der Waals surface area (Å²) in [5.41, 5.74) is 7.32. The first kappa shape index (κ1) is 13.8. The number of hydrogen-bond acceptors (Lipinski definition) is 4. The maximum atomic E-state index is 11.8. The normalized spacial score (nSPS) is 13.4. The third kappa shape index (κ3) is 2.24. The van der Waals surface area contributed by atoms with Crippen molar-refractivity contribution in [3.63, 3.8) is 0 Å². The summed E-state index contributed by atoms with van der Waals surface area (Å²) in [5, 5.41) is 8.89. The molecular weight excluding hydrogens is 292 g/mol. The van der Waals surface area contributed by atoms with Crippen LogP contribution >= 0.6 is 0 Å². The zero-order chi connectivity index (χ0) is 16.0. The summed E-state index contributed by atoms with van der Waals surface area (Å²) in [4.78, 5) is 21.9. The molecule has 6 nitrogen and oxygen atoms in total. The number of H-pyrrole nitrogens is 1. The first-order valence-corrected chi connectivity index (χ1v) is 7.42. The minimum absolute atomic E-state index is 0.482. The lowest BCUT2D eigenvalue weighted by molar-refractivity contribution is 0.0705. The Balaban J connectivity index is 1.70. The minimum Gasteiger partial charge on any atom is -0.334 e. The average molecular weight is 308 g/mol. The molecule has 1 aromatic heterocycles. The molecule has 3 aromatic rings. The van der Waals surface area contributed by atoms with Crippen molar-refractivity contribution in [1.29, 1.82) is 0 Å². The fraction of sp³-hybridized carbons (Fsp3) is 0.176. The zero-order valence-corrected chi connectivity index (χ0v) is 12.6. The van der Waals surface area contributed by atoms with Crippen LogP contribution in [-0.4, -0.2) is 21.1 Å². The van der Waals surface area contributed by atoms with Crippen LogP contribution in [0.3, 0.4) is 0 Å². The highest BCUT2D eigenvalue weighted by atomic mass is 16.5. The Bertz CT molecular complexity index is 916. The summed E-state index contributed by atoms with van der Waals surface area (Å²) >= 11 is 0. The summed E-state index contributed by atoms with van der Waals surface area (Å²) in [7, 11) is 0.